The number of halogens is 2. The summed E-state index contributed by atoms with van der Waals surface area (Å²) in [6, 6.07) is 6.34. The van der Waals surface area contributed by atoms with E-state index in [-0.39, 0.29) is 42.2 Å². The first-order valence-electron chi connectivity index (χ1n) is 12.0. The molecular weight excluding hydrogens is 537 g/mol. The van der Waals surface area contributed by atoms with E-state index in [9.17, 15) is 14.4 Å². The van der Waals surface area contributed by atoms with E-state index in [0.29, 0.717) is 35.0 Å². The molecule has 2 amide bonds. The lowest BCUT2D eigenvalue weighted by Gasteiger charge is -2.35. The van der Waals surface area contributed by atoms with Crippen molar-refractivity contribution in [3.8, 4) is 0 Å². The van der Waals surface area contributed by atoms with Crippen LogP contribution in [0.1, 0.15) is 50.1 Å². The third-order valence-corrected chi connectivity index (χ3v) is 8.28. The second-order valence-electron chi connectivity index (χ2n) is 9.48. The molecular formula is C25H29Cl2N5O4S. The molecule has 2 aliphatic rings. The van der Waals surface area contributed by atoms with Gasteiger partial charge in [0.15, 0.2) is 5.01 Å². The van der Waals surface area contributed by atoms with Crippen molar-refractivity contribution in [2.45, 2.75) is 44.3 Å². The number of likely N-dealkylation sites (N-methyl/N-ethyl adjacent to an activating group) is 1. The maximum absolute atomic E-state index is 13.2. The monoisotopic (exact) mass is 565 g/mol. The molecule has 0 radical (unpaired) electrons. The molecule has 12 heteroatoms. The molecule has 3 N–H and O–H groups in total. The molecule has 198 valence electrons. The quantitative estimate of drug-likeness (QED) is 0.407. The molecule has 9 nitrogen and oxygen atoms in total. The number of ether oxygens (including phenoxy) is 1. The maximum atomic E-state index is 13.2. The molecule has 37 heavy (non-hydrogen) atoms. The molecule has 3 unspecified atom stereocenters. The number of thiazole rings is 1. The summed E-state index contributed by atoms with van der Waals surface area (Å²) in [5.41, 5.74) is 2.19. The summed E-state index contributed by atoms with van der Waals surface area (Å²) in [7, 11) is 3.41. The van der Waals surface area contributed by atoms with Gasteiger partial charge in [-0.2, -0.15) is 0 Å². The van der Waals surface area contributed by atoms with Crippen molar-refractivity contribution < 1.29 is 19.1 Å². The molecule has 0 saturated heterocycles. The fraction of sp³-hybridized carbons (Fsp3) is 0.440. The molecule has 1 aliphatic heterocycles. The van der Waals surface area contributed by atoms with Crippen LogP contribution < -0.4 is 10.6 Å². The Morgan fingerprint density at radius 3 is 2.73 bits per heavy atom. The van der Waals surface area contributed by atoms with Crippen LogP contribution in [0.2, 0.25) is 5.02 Å². The summed E-state index contributed by atoms with van der Waals surface area (Å²) in [5, 5.41) is 7.95. The Labute approximate surface area is 229 Å². The van der Waals surface area contributed by atoms with Crippen molar-refractivity contribution in [2.75, 3.05) is 20.7 Å². The van der Waals surface area contributed by atoms with Crippen LogP contribution in [-0.2, 0) is 22.5 Å². The number of H-pyrrole nitrogens is 1. The summed E-state index contributed by atoms with van der Waals surface area (Å²) in [5.74, 6) is -1.22. The zero-order chi connectivity index (χ0) is 25.4. The highest BCUT2D eigenvalue weighted by Crippen LogP contribution is 2.29. The normalized spacial score (nSPS) is 21.5. The van der Waals surface area contributed by atoms with Crippen LogP contribution in [0.15, 0.2) is 24.3 Å². The van der Waals surface area contributed by atoms with Crippen LogP contribution in [0, 0.1) is 5.92 Å². The van der Waals surface area contributed by atoms with Gasteiger partial charge in [0, 0.05) is 46.4 Å². The molecule has 1 aliphatic carbocycles. The zero-order valence-electron chi connectivity index (χ0n) is 20.5. The minimum absolute atomic E-state index is 0. The van der Waals surface area contributed by atoms with Crippen LogP contribution >= 0.6 is 35.3 Å². The minimum atomic E-state index is -0.443. The number of esters is 1. The first kappa shape index (κ1) is 27.4. The number of hydrogen-bond acceptors (Lipinski definition) is 7. The van der Waals surface area contributed by atoms with E-state index in [0.717, 1.165) is 41.0 Å². The van der Waals surface area contributed by atoms with Crippen LogP contribution in [0.4, 0.5) is 0 Å². The lowest BCUT2D eigenvalue weighted by atomic mass is 9.82. The summed E-state index contributed by atoms with van der Waals surface area (Å²) >= 11 is 7.48. The van der Waals surface area contributed by atoms with Gasteiger partial charge in [0.25, 0.3) is 11.8 Å². The number of nitrogens with one attached hydrogen (secondary N) is 3. The molecule has 0 spiro atoms. The molecule has 0 bridgehead atoms. The van der Waals surface area contributed by atoms with E-state index in [4.69, 9.17) is 16.3 Å². The largest absolute Gasteiger partial charge is 0.469 e. The van der Waals surface area contributed by atoms with Crippen molar-refractivity contribution in [2.24, 2.45) is 5.92 Å². The smallest absolute Gasteiger partial charge is 0.308 e. The van der Waals surface area contributed by atoms with E-state index in [2.05, 4.69) is 25.5 Å². The van der Waals surface area contributed by atoms with Crippen molar-refractivity contribution in [3.05, 3.63) is 50.6 Å². The van der Waals surface area contributed by atoms with Crippen molar-refractivity contribution in [1.82, 2.24) is 25.5 Å². The van der Waals surface area contributed by atoms with Gasteiger partial charge in [0.2, 0.25) is 0 Å². The lowest BCUT2D eigenvalue weighted by molar-refractivity contribution is -0.146. The van der Waals surface area contributed by atoms with E-state index < -0.39 is 6.04 Å². The van der Waals surface area contributed by atoms with Crippen LogP contribution in [-0.4, -0.2) is 65.4 Å². The molecule has 5 rings (SSSR count). The van der Waals surface area contributed by atoms with Crippen molar-refractivity contribution in [3.63, 3.8) is 0 Å². The Kier molecular flexibility index (Phi) is 8.42. The maximum Gasteiger partial charge on any atom is 0.308 e. The van der Waals surface area contributed by atoms with Gasteiger partial charge >= 0.3 is 5.97 Å². The topological polar surface area (TPSA) is 116 Å². The predicted molar refractivity (Wildman–Crippen MR) is 145 cm³/mol. The van der Waals surface area contributed by atoms with E-state index in [1.807, 2.05) is 13.1 Å². The van der Waals surface area contributed by atoms with Crippen molar-refractivity contribution in [1.29, 1.82) is 0 Å². The summed E-state index contributed by atoms with van der Waals surface area (Å²) in [6.07, 6.45) is 2.28. The fourth-order valence-electron chi connectivity index (χ4n) is 5.01. The highest BCUT2D eigenvalue weighted by atomic mass is 35.5. The molecule has 2 aromatic heterocycles. The number of aromatic nitrogens is 2. The number of methoxy groups -OCH3 is 1. The number of fused-ring (bicyclic) bond motifs is 2. The number of nitrogens with zero attached hydrogens (tertiary/aromatic N) is 2. The molecule has 1 aromatic carbocycles. The number of carbonyl (C=O) groups is 3. The molecule has 1 saturated carbocycles. The highest BCUT2D eigenvalue weighted by Gasteiger charge is 2.37. The fourth-order valence-corrected chi connectivity index (χ4v) is 6.28. The second-order valence-corrected chi connectivity index (χ2v) is 11.0. The Bertz CT molecular complexity index is 1330. The van der Waals surface area contributed by atoms with Gasteiger partial charge in [-0.15, -0.1) is 23.7 Å². The Balaban J connectivity index is 0.00000320. The average molecular weight is 567 g/mol. The zero-order valence-corrected chi connectivity index (χ0v) is 22.9. The summed E-state index contributed by atoms with van der Waals surface area (Å²) < 4.78 is 4.95. The third kappa shape index (κ3) is 5.93. The molecule has 1 fully saturated rings. The Hall–Kier alpha value is -2.66. The highest BCUT2D eigenvalue weighted by molar-refractivity contribution is 7.13. The standard InChI is InChI=1S/C25H28ClN5O4S.ClH/c1-31-8-7-18-21(12-31)36-24(30-18)23(33)29-19-10-13(25(34)35-2)3-5-17(19)28-22(32)20-11-14-9-15(26)4-6-16(14)27-20;/h4,6,9,11,13,17,19,27H,3,5,7-8,10,12H2,1-2H3,(H,28,32)(H,29,33);1H. The first-order chi connectivity index (χ1) is 17.3. The van der Waals surface area contributed by atoms with Crippen LogP contribution in [0.25, 0.3) is 10.9 Å². The van der Waals surface area contributed by atoms with Gasteiger partial charge in [-0.3, -0.25) is 14.4 Å². The van der Waals surface area contributed by atoms with Gasteiger partial charge in [0.05, 0.1) is 24.8 Å². The molecule has 3 heterocycles. The number of carbonyl (C=O) groups excluding carboxylic acids is 3. The summed E-state index contributed by atoms with van der Waals surface area (Å²) in [4.78, 5) is 49.5. The first-order valence-corrected chi connectivity index (χ1v) is 13.1. The average Bonchev–Trinajstić information content (AvgIpc) is 3.48. The van der Waals surface area contributed by atoms with E-state index in [1.165, 1.54) is 18.4 Å². The van der Waals surface area contributed by atoms with E-state index >= 15 is 0 Å². The number of amides is 2. The third-order valence-electron chi connectivity index (χ3n) is 6.96. The SMILES string of the molecule is COC(=O)C1CCC(NC(=O)c2cc3cc(Cl)ccc3[nH]2)C(NC(=O)c2nc3c(s2)CN(C)CC3)C1.Cl. The molecule has 3 atom stereocenters. The van der Waals surface area contributed by atoms with E-state index in [1.54, 1.807) is 18.2 Å². The van der Waals surface area contributed by atoms with Gasteiger partial charge in [0.1, 0.15) is 5.69 Å². The lowest BCUT2D eigenvalue weighted by Crippen LogP contribution is -2.55. The number of benzene rings is 1. The number of hydrogen-bond donors (Lipinski definition) is 3. The summed E-state index contributed by atoms with van der Waals surface area (Å²) in [6.45, 7) is 1.69. The van der Waals surface area contributed by atoms with Crippen LogP contribution in [0.3, 0.4) is 0 Å². The number of rotatable bonds is 5. The van der Waals surface area contributed by atoms with Gasteiger partial charge in [-0.25, -0.2) is 4.98 Å². The molecule has 3 aromatic rings. The predicted octanol–water partition coefficient (Wildman–Crippen LogP) is 3.56. The van der Waals surface area contributed by atoms with Crippen molar-refractivity contribution >= 4 is 64.0 Å². The van der Waals surface area contributed by atoms with Gasteiger partial charge < -0.3 is 25.3 Å². The van der Waals surface area contributed by atoms with Gasteiger partial charge in [-0.05, 0) is 50.6 Å². The van der Waals surface area contributed by atoms with Gasteiger partial charge in [-0.1, -0.05) is 11.6 Å². The minimum Gasteiger partial charge on any atom is -0.469 e. The second kappa shape index (κ2) is 11.4. The Morgan fingerprint density at radius 1 is 1.16 bits per heavy atom. The Morgan fingerprint density at radius 2 is 1.95 bits per heavy atom. The number of aromatic amines is 1. The van der Waals surface area contributed by atoms with Crippen LogP contribution in [0.5, 0.6) is 0 Å².